The number of halogens is 1. The van der Waals surface area contributed by atoms with E-state index in [0.29, 0.717) is 12.4 Å². The molecule has 0 saturated heterocycles. The van der Waals surface area contributed by atoms with Gasteiger partial charge >= 0.3 is 0 Å². The van der Waals surface area contributed by atoms with Crippen LogP contribution in [0, 0.1) is 17.1 Å². The summed E-state index contributed by atoms with van der Waals surface area (Å²) in [6, 6.07) is 17.4. The summed E-state index contributed by atoms with van der Waals surface area (Å²) < 4.78 is 15.4. The van der Waals surface area contributed by atoms with E-state index in [2.05, 4.69) is 10.3 Å². The van der Waals surface area contributed by atoms with Gasteiger partial charge in [-0.3, -0.25) is 4.79 Å². The second kappa shape index (κ2) is 7.41. The molecule has 3 aromatic rings. The molecule has 0 fully saturated rings. The van der Waals surface area contributed by atoms with Crippen molar-refractivity contribution in [3.63, 3.8) is 0 Å². The molecule has 1 amide bonds. The van der Waals surface area contributed by atoms with Crippen molar-refractivity contribution in [3.05, 3.63) is 84.2 Å². The SMILES string of the molecule is N#C[C@@H](C(=O)Nc1ccccc1F)c1nccn1Cc1ccccc1. The van der Waals surface area contributed by atoms with Gasteiger partial charge < -0.3 is 9.88 Å². The van der Waals surface area contributed by atoms with Gasteiger partial charge in [0.1, 0.15) is 11.6 Å². The second-order valence-electron chi connectivity index (χ2n) is 5.43. The van der Waals surface area contributed by atoms with Crippen molar-refractivity contribution in [2.75, 3.05) is 5.32 Å². The predicted octanol–water partition coefficient (Wildman–Crippen LogP) is 3.32. The highest BCUT2D eigenvalue weighted by atomic mass is 19.1. The zero-order valence-corrected chi connectivity index (χ0v) is 13.3. The minimum absolute atomic E-state index is 0.0360. The fourth-order valence-corrected chi connectivity index (χ4v) is 2.50. The summed E-state index contributed by atoms with van der Waals surface area (Å²) >= 11 is 0. The number of carbonyl (C=O) groups is 1. The first kappa shape index (κ1) is 16.4. The van der Waals surface area contributed by atoms with E-state index in [-0.39, 0.29) is 5.69 Å². The third-order valence-electron chi connectivity index (χ3n) is 3.72. The van der Waals surface area contributed by atoms with E-state index in [1.807, 2.05) is 36.4 Å². The van der Waals surface area contributed by atoms with Crippen LogP contribution in [-0.2, 0) is 11.3 Å². The normalized spacial score (nSPS) is 11.5. The minimum atomic E-state index is -1.14. The molecule has 0 saturated carbocycles. The monoisotopic (exact) mass is 334 g/mol. The summed E-state index contributed by atoms with van der Waals surface area (Å²) in [5.74, 6) is -1.99. The number of anilines is 1. The maximum atomic E-state index is 13.7. The van der Waals surface area contributed by atoms with Gasteiger partial charge in [0.25, 0.3) is 0 Å². The summed E-state index contributed by atoms with van der Waals surface area (Å²) in [5, 5.41) is 11.9. The Hall–Kier alpha value is -3.46. The quantitative estimate of drug-likeness (QED) is 0.778. The lowest BCUT2D eigenvalue weighted by Gasteiger charge is -2.13. The number of carbonyl (C=O) groups excluding carboxylic acids is 1. The maximum Gasteiger partial charge on any atom is 0.249 e. The van der Waals surface area contributed by atoms with Gasteiger partial charge in [0.05, 0.1) is 11.8 Å². The van der Waals surface area contributed by atoms with Crippen molar-refractivity contribution < 1.29 is 9.18 Å². The van der Waals surface area contributed by atoms with Crippen LogP contribution in [-0.4, -0.2) is 15.5 Å². The van der Waals surface area contributed by atoms with Crippen LogP contribution in [0.2, 0.25) is 0 Å². The molecule has 0 bridgehead atoms. The molecule has 6 heteroatoms. The molecule has 1 heterocycles. The van der Waals surface area contributed by atoms with E-state index in [1.165, 1.54) is 18.2 Å². The minimum Gasteiger partial charge on any atom is -0.329 e. The Bertz CT molecular complexity index is 914. The number of aromatic nitrogens is 2. The highest BCUT2D eigenvalue weighted by Crippen LogP contribution is 2.19. The first-order chi connectivity index (χ1) is 12.2. The van der Waals surface area contributed by atoms with Gasteiger partial charge in [0.2, 0.25) is 5.91 Å². The number of para-hydroxylation sites is 1. The van der Waals surface area contributed by atoms with Crippen LogP contribution in [0.15, 0.2) is 67.0 Å². The average molecular weight is 334 g/mol. The van der Waals surface area contributed by atoms with Crippen LogP contribution in [0.25, 0.3) is 0 Å². The zero-order valence-electron chi connectivity index (χ0n) is 13.3. The lowest BCUT2D eigenvalue weighted by atomic mass is 10.1. The molecule has 1 aromatic heterocycles. The molecule has 1 N–H and O–H groups in total. The third-order valence-corrected chi connectivity index (χ3v) is 3.72. The van der Waals surface area contributed by atoms with Gasteiger partial charge in [0.15, 0.2) is 5.92 Å². The number of nitrogens with zero attached hydrogens (tertiary/aromatic N) is 3. The van der Waals surface area contributed by atoms with Gasteiger partial charge in [-0.1, -0.05) is 42.5 Å². The smallest absolute Gasteiger partial charge is 0.249 e. The lowest BCUT2D eigenvalue weighted by molar-refractivity contribution is -0.116. The Morgan fingerprint density at radius 1 is 1.20 bits per heavy atom. The lowest BCUT2D eigenvalue weighted by Crippen LogP contribution is -2.23. The van der Waals surface area contributed by atoms with Crippen molar-refractivity contribution in [1.29, 1.82) is 5.26 Å². The molecule has 3 rings (SSSR count). The predicted molar refractivity (Wildman–Crippen MR) is 91.2 cm³/mol. The van der Waals surface area contributed by atoms with Crippen LogP contribution >= 0.6 is 0 Å². The molecule has 0 spiro atoms. The number of benzene rings is 2. The number of nitriles is 1. The molecule has 1 atom stereocenters. The summed E-state index contributed by atoms with van der Waals surface area (Å²) in [6.45, 7) is 0.487. The summed E-state index contributed by atoms with van der Waals surface area (Å²) in [6.07, 6.45) is 3.25. The topological polar surface area (TPSA) is 70.7 Å². The van der Waals surface area contributed by atoms with E-state index in [9.17, 15) is 14.4 Å². The number of rotatable bonds is 5. The Morgan fingerprint density at radius 3 is 2.64 bits per heavy atom. The number of imidazole rings is 1. The van der Waals surface area contributed by atoms with Crippen LogP contribution in [0.3, 0.4) is 0 Å². The Morgan fingerprint density at radius 2 is 1.92 bits per heavy atom. The van der Waals surface area contributed by atoms with E-state index >= 15 is 0 Å². The van der Waals surface area contributed by atoms with E-state index in [1.54, 1.807) is 23.0 Å². The van der Waals surface area contributed by atoms with Crippen molar-refractivity contribution in [1.82, 2.24) is 9.55 Å². The number of amides is 1. The molecule has 0 aliphatic rings. The van der Waals surface area contributed by atoms with E-state index < -0.39 is 17.6 Å². The average Bonchev–Trinajstić information content (AvgIpc) is 3.06. The molecular weight excluding hydrogens is 319 g/mol. The van der Waals surface area contributed by atoms with Crippen LogP contribution in [0.5, 0.6) is 0 Å². The van der Waals surface area contributed by atoms with Gasteiger partial charge in [-0.05, 0) is 17.7 Å². The molecular formula is C19H15FN4O. The largest absolute Gasteiger partial charge is 0.329 e. The van der Waals surface area contributed by atoms with E-state index in [0.717, 1.165) is 5.56 Å². The highest BCUT2D eigenvalue weighted by Gasteiger charge is 2.25. The van der Waals surface area contributed by atoms with Crippen molar-refractivity contribution in [3.8, 4) is 6.07 Å². The first-order valence-electron chi connectivity index (χ1n) is 7.69. The molecule has 5 nitrogen and oxygen atoms in total. The van der Waals surface area contributed by atoms with Crippen LogP contribution in [0.4, 0.5) is 10.1 Å². The Balaban J connectivity index is 1.82. The second-order valence-corrected chi connectivity index (χ2v) is 5.43. The number of nitrogens with one attached hydrogen (secondary N) is 1. The summed E-state index contributed by atoms with van der Waals surface area (Å²) in [4.78, 5) is 16.6. The standard InChI is InChI=1S/C19H15FN4O/c20-16-8-4-5-9-17(16)23-19(25)15(12-21)18-22-10-11-24(18)13-14-6-2-1-3-7-14/h1-11,15H,13H2,(H,23,25)/t15-/m1/s1. The summed E-state index contributed by atoms with van der Waals surface area (Å²) in [5.41, 5.74) is 1.06. The molecule has 0 aliphatic carbocycles. The fourth-order valence-electron chi connectivity index (χ4n) is 2.50. The van der Waals surface area contributed by atoms with E-state index in [4.69, 9.17) is 0 Å². The van der Waals surface area contributed by atoms with Gasteiger partial charge in [0, 0.05) is 18.9 Å². The molecule has 0 unspecified atom stereocenters. The third kappa shape index (κ3) is 3.72. The van der Waals surface area contributed by atoms with Crippen LogP contribution < -0.4 is 5.32 Å². The molecule has 0 radical (unpaired) electrons. The zero-order chi connectivity index (χ0) is 17.6. The fraction of sp³-hybridized carbons (Fsp3) is 0.105. The summed E-state index contributed by atoms with van der Waals surface area (Å²) in [7, 11) is 0. The van der Waals surface area contributed by atoms with Crippen molar-refractivity contribution in [2.45, 2.75) is 12.5 Å². The molecule has 25 heavy (non-hydrogen) atoms. The molecule has 124 valence electrons. The maximum absolute atomic E-state index is 13.7. The Labute approximate surface area is 144 Å². The number of hydrogen-bond acceptors (Lipinski definition) is 3. The number of hydrogen-bond donors (Lipinski definition) is 1. The first-order valence-corrected chi connectivity index (χ1v) is 7.69. The van der Waals surface area contributed by atoms with Gasteiger partial charge in [-0.25, -0.2) is 9.37 Å². The molecule has 0 aliphatic heterocycles. The highest BCUT2D eigenvalue weighted by molar-refractivity contribution is 5.97. The van der Waals surface area contributed by atoms with Crippen molar-refractivity contribution in [2.24, 2.45) is 0 Å². The van der Waals surface area contributed by atoms with Crippen molar-refractivity contribution >= 4 is 11.6 Å². The molecule has 2 aromatic carbocycles. The van der Waals surface area contributed by atoms with Gasteiger partial charge in [-0.2, -0.15) is 5.26 Å². The Kier molecular flexibility index (Phi) is 4.86. The van der Waals surface area contributed by atoms with Gasteiger partial charge in [-0.15, -0.1) is 0 Å². The van der Waals surface area contributed by atoms with Crippen LogP contribution in [0.1, 0.15) is 17.3 Å².